The van der Waals surface area contributed by atoms with Crippen LogP contribution in [0.25, 0.3) is 5.65 Å². The van der Waals surface area contributed by atoms with Crippen LogP contribution in [-0.4, -0.2) is 36.1 Å². The summed E-state index contributed by atoms with van der Waals surface area (Å²) in [4.78, 5) is 1.98. The monoisotopic (exact) mass is 427 g/mol. The minimum absolute atomic E-state index is 0.0517. The Bertz CT molecular complexity index is 1040. The quantitative estimate of drug-likeness (QED) is 0.621. The van der Waals surface area contributed by atoms with Crippen LogP contribution in [-0.2, 0) is 12.7 Å². The molecule has 0 saturated carbocycles. The Kier molecular flexibility index (Phi) is 4.92. The molecule has 1 atom stereocenters. The number of nitrogens with zero attached hydrogens (tertiary/aromatic N) is 7. The first-order valence-electron chi connectivity index (χ1n) is 9.46. The normalized spacial score (nSPS) is 17.8. The van der Waals surface area contributed by atoms with Gasteiger partial charge in [0.05, 0.1) is 11.7 Å². The van der Waals surface area contributed by atoms with E-state index >= 15 is 0 Å². The summed E-state index contributed by atoms with van der Waals surface area (Å²) in [6.07, 6.45) is -2.93. The summed E-state index contributed by atoms with van der Waals surface area (Å²) in [5, 5.41) is 16.2. The third-order valence-electron chi connectivity index (χ3n) is 5.03. The lowest BCUT2D eigenvalue weighted by Crippen LogP contribution is -2.25. The predicted molar refractivity (Wildman–Crippen MR) is 102 cm³/mol. The topological polar surface area (TPSA) is 64.1 Å². The fourth-order valence-electron chi connectivity index (χ4n) is 3.86. The van der Waals surface area contributed by atoms with Crippen LogP contribution in [0.15, 0.2) is 12.1 Å². The molecule has 0 aromatic carbocycles. The molecule has 3 aromatic rings. The highest BCUT2D eigenvalue weighted by Gasteiger charge is 2.38. The van der Waals surface area contributed by atoms with Gasteiger partial charge in [-0.3, -0.25) is 4.68 Å². The largest absolute Gasteiger partial charge is 0.453 e. The van der Waals surface area contributed by atoms with Crippen molar-refractivity contribution in [3.63, 3.8) is 0 Å². The van der Waals surface area contributed by atoms with Gasteiger partial charge in [-0.1, -0.05) is 25.4 Å². The number of anilines is 1. The van der Waals surface area contributed by atoms with Crippen LogP contribution in [0.1, 0.15) is 49.8 Å². The summed E-state index contributed by atoms with van der Waals surface area (Å²) < 4.78 is 42.2. The van der Waals surface area contributed by atoms with Gasteiger partial charge < -0.3 is 4.90 Å². The molecule has 4 rings (SSSR count). The molecule has 0 bridgehead atoms. The first-order valence-corrected chi connectivity index (χ1v) is 9.83. The van der Waals surface area contributed by atoms with E-state index in [0.29, 0.717) is 30.0 Å². The molecule has 0 aliphatic carbocycles. The van der Waals surface area contributed by atoms with Gasteiger partial charge in [0.2, 0.25) is 0 Å². The predicted octanol–water partition coefficient (Wildman–Crippen LogP) is 4.30. The molecule has 0 radical (unpaired) electrons. The maximum absolute atomic E-state index is 13.2. The van der Waals surface area contributed by atoms with Crippen molar-refractivity contribution in [2.24, 2.45) is 5.92 Å². The van der Waals surface area contributed by atoms with Gasteiger partial charge in [-0.2, -0.15) is 22.8 Å². The van der Waals surface area contributed by atoms with Crippen molar-refractivity contribution in [2.45, 2.75) is 52.4 Å². The van der Waals surface area contributed by atoms with E-state index in [9.17, 15) is 13.2 Å². The van der Waals surface area contributed by atoms with E-state index < -0.39 is 12.0 Å². The van der Waals surface area contributed by atoms with Crippen molar-refractivity contribution < 1.29 is 13.2 Å². The minimum atomic E-state index is -4.63. The summed E-state index contributed by atoms with van der Waals surface area (Å²) in [5.74, 6) is -0.320. The van der Waals surface area contributed by atoms with E-state index in [1.54, 1.807) is 10.7 Å². The van der Waals surface area contributed by atoms with Gasteiger partial charge in [0, 0.05) is 18.7 Å². The second-order valence-electron chi connectivity index (χ2n) is 7.70. The molecular formula is C18H21ClF3N7. The standard InChI is InChI=1S/C18H21ClF3N7/c1-10(2)9-28-16(19)15(11(3)25-28)12-5-4-8-27(12)14-7-6-13-23-24-17(18(20,21)22)29(13)26-14/h6-7,10,12H,4-5,8-9H2,1-3H3. The zero-order valence-corrected chi connectivity index (χ0v) is 17.0. The molecule has 1 aliphatic heterocycles. The first-order chi connectivity index (χ1) is 13.7. The Morgan fingerprint density at radius 1 is 1.21 bits per heavy atom. The average molecular weight is 428 g/mol. The van der Waals surface area contributed by atoms with E-state index in [2.05, 4.69) is 34.2 Å². The van der Waals surface area contributed by atoms with E-state index in [0.717, 1.165) is 28.6 Å². The lowest BCUT2D eigenvalue weighted by Gasteiger charge is -2.26. The highest BCUT2D eigenvalue weighted by molar-refractivity contribution is 6.30. The Labute approximate surface area is 170 Å². The molecule has 3 aromatic heterocycles. The summed E-state index contributed by atoms with van der Waals surface area (Å²) in [6.45, 7) is 7.45. The summed E-state index contributed by atoms with van der Waals surface area (Å²) >= 11 is 6.65. The van der Waals surface area contributed by atoms with Gasteiger partial charge in [0.25, 0.3) is 5.82 Å². The fourth-order valence-corrected chi connectivity index (χ4v) is 4.23. The van der Waals surface area contributed by atoms with Crippen LogP contribution in [0.4, 0.5) is 19.0 Å². The Balaban J connectivity index is 1.74. The van der Waals surface area contributed by atoms with Crippen molar-refractivity contribution in [1.29, 1.82) is 0 Å². The second kappa shape index (κ2) is 7.16. The number of halogens is 4. The third-order valence-corrected chi connectivity index (χ3v) is 5.43. The lowest BCUT2D eigenvalue weighted by molar-refractivity contribution is -0.146. The summed E-state index contributed by atoms with van der Waals surface area (Å²) in [5.41, 5.74) is 1.79. The molecule has 29 heavy (non-hydrogen) atoms. The van der Waals surface area contributed by atoms with Crippen molar-refractivity contribution in [2.75, 3.05) is 11.4 Å². The van der Waals surface area contributed by atoms with Crippen molar-refractivity contribution in [3.8, 4) is 0 Å². The van der Waals surface area contributed by atoms with Crippen LogP contribution in [0.2, 0.25) is 5.15 Å². The molecule has 4 heterocycles. The number of hydrogen-bond donors (Lipinski definition) is 0. The summed E-state index contributed by atoms with van der Waals surface area (Å²) in [7, 11) is 0. The molecule has 1 saturated heterocycles. The van der Waals surface area contributed by atoms with E-state index in [1.165, 1.54) is 6.07 Å². The number of fused-ring (bicyclic) bond motifs is 1. The van der Waals surface area contributed by atoms with Crippen LogP contribution in [0.3, 0.4) is 0 Å². The van der Waals surface area contributed by atoms with E-state index in [-0.39, 0.29) is 11.7 Å². The second-order valence-corrected chi connectivity index (χ2v) is 8.06. The van der Waals surface area contributed by atoms with Gasteiger partial charge in [0.15, 0.2) is 5.65 Å². The number of aromatic nitrogens is 6. The van der Waals surface area contributed by atoms with Crippen molar-refractivity contribution >= 4 is 23.1 Å². The molecule has 1 fully saturated rings. The van der Waals surface area contributed by atoms with Gasteiger partial charge in [-0.05, 0) is 37.8 Å². The van der Waals surface area contributed by atoms with Crippen molar-refractivity contribution in [1.82, 2.24) is 29.6 Å². The molecule has 1 aliphatic rings. The number of rotatable bonds is 4. The van der Waals surface area contributed by atoms with Crippen LogP contribution in [0, 0.1) is 12.8 Å². The highest BCUT2D eigenvalue weighted by Crippen LogP contribution is 2.40. The Morgan fingerprint density at radius 2 is 1.97 bits per heavy atom. The molecule has 0 N–H and O–H groups in total. The zero-order chi connectivity index (χ0) is 20.9. The molecule has 0 spiro atoms. The first kappa shape index (κ1) is 19.9. The molecule has 11 heteroatoms. The van der Waals surface area contributed by atoms with E-state index in [1.807, 2.05) is 11.8 Å². The van der Waals surface area contributed by atoms with Crippen molar-refractivity contribution in [3.05, 3.63) is 34.4 Å². The number of hydrogen-bond acceptors (Lipinski definition) is 5. The maximum atomic E-state index is 13.2. The smallest absolute Gasteiger partial charge is 0.348 e. The summed E-state index contributed by atoms with van der Waals surface area (Å²) in [6, 6.07) is 3.07. The van der Waals surface area contributed by atoms with Gasteiger partial charge in [-0.15, -0.1) is 15.3 Å². The maximum Gasteiger partial charge on any atom is 0.453 e. The lowest BCUT2D eigenvalue weighted by atomic mass is 10.1. The minimum Gasteiger partial charge on any atom is -0.348 e. The molecular weight excluding hydrogens is 407 g/mol. The van der Waals surface area contributed by atoms with Crippen LogP contribution in [0.5, 0.6) is 0 Å². The Morgan fingerprint density at radius 3 is 2.66 bits per heavy atom. The van der Waals surface area contributed by atoms with Gasteiger partial charge in [-0.25, -0.2) is 0 Å². The molecule has 1 unspecified atom stereocenters. The number of aryl methyl sites for hydroxylation is 1. The SMILES string of the molecule is Cc1nn(CC(C)C)c(Cl)c1C1CCCN1c1ccc2nnc(C(F)(F)F)n2n1. The highest BCUT2D eigenvalue weighted by atomic mass is 35.5. The van der Waals surface area contributed by atoms with Crippen LogP contribution >= 0.6 is 11.6 Å². The van der Waals surface area contributed by atoms with E-state index in [4.69, 9.17) is 11.6 Å². The average Bonchev–Trinajstić information content (AvgIpc) is 3.31. The zero-order valence-electron chi connectivity index (χ0n) is 16.3. The van der Waals surface area contributed by atoms with Crippen LogP contribution < -0.4 is 4.90 Å². The van der Waals surface area contributed by atoms with Gasteiger partial charge in [0.1, 0.15) is 11.0 Å². The van der Waals surface area contributed by atoms with Gasteiger partial charge >= 0.3 is 6.18 Å². The third kappa shape index (κ3) is 3.54. The Hall–Kier alpha value is -2.36. The fraction of sp³-hybridized carbons (Fsp3) is 0.556. The molecule has 7 nitrogen and oxygen atoms in total. The number of alkyl halides is 3. The molecule has 156 valence electrons. The molecule has 0 amide bonds.